The number of benzene rings is 1. The summed E-state index contributed by atoms with van der Waals surface area (Å²) in [6.07, 6.45) is 0. The summed E-state index contributed by atoms with van der Waals surface area (Å²) < 4.78 is 0. The molecule has 2 heteroatoms. The van der Waals surface area contributed by atoms with Crippen molar-refractivity contribution in [1.82, 2.24) is 4.98 Å². The van der Waals surface area contributed by atoms with Gasteiger partial charge in [0.2, 0.25) is 0 Å². The van der Waals surface area contributed by atoms with E-state index in [-0.39, 0.29) is 0 Å². The monoisotopic (exact) mass is 174 g/mol. The van der Waals surface area contributed by atoms with E-state index in [9.17, 15) is 0 Å². The second-order valence-corrected chi connectivity index (χ2v) is 3.64. The molecule has 0 saturated heterocycles. The summed E-state index contributed by atoms with van der Waals surface area (Å²) in [6, 6.07) is 4.00. The fraction of sp³-hybridized carbons (Fsp3) is 0.273. The minimum Gasteiger partial charge on any atom is -0.399 e. The average molecular weight is 174 g/mol. The summed E-state index contributed by atoms with van der Waals surface area (Å²) in [7, 11) is 0. The van der Waals surface area contributed by atoms with Crippen LogP contribution in [0, 0.1) is 20.8 Å². The Balaban J connectivity index is 2.94. The number of fused-ring (bicyclic) bond motifs is 1. The van der Waals surface area contributed by atoms with Gasteiger partial charge in [0.05, 0.1) is 0 Å². The fourth-order valence-corrected chi connectivity index (χ4v) is 1.89. The van der Waals surface area contributed by atoms with E-state index in [2.05, 4.69) is 25.8 Å². The van der Waals surface area contributed by atoms with Crippen LogP contribution in [0.2, 0.25) is 0 Å². The number of H-pyrrole nitrogens is 1. The summed E-state index contributed by atoms with van der Waals surface area (Å²) in [5.41, 5.74) is 11.5. The van der Waals surface area contributed by atoms with Crippen LogP contribution in [-0.2, 0) is 0 Å². The zero-order valence-corrected chi connectivity index (χ0v) is 8.23. The molecule has 0 aliphatic heterocycles. The maximum atomic E-state index is 5.76. The van der Waals surface area contributed by atoms with Gasteiger partial charge in [-0.05, 0) is 44.0 Å². The predicted molar refractivity (Wildman–Crippen MR) is 56.9 cm³/mol. The highest BCUT2D eigenvalue weighted by atomic mass is 14.7. The van der Waals surface area contributed by atoms with E-state index in [1.165, 1.54) is 22.2 Å². The van der Waals surface area contributed by atoms with Crippen LogP contribution >= 0.6 is 0 Å². The number of anilines is 1. The van der Waals surface area contributed by atoms with Crippen LogP contribution in [0.25, 0.3) is 10.9 Å². The first-order chi connectivity index (χ1) is 6.09. The van der Waals surface area contributed by atoms with Crippen molar-refractivity contribution in [3.63, 3.8) is 0 Å². The van der Waals surface area contributed by atoms with E-state index in [0.717, 1.165) is 11.2 Å². The maximum Gasteiger partial charge on any atom is 0.0482 e. The first-order valence-corrected chi connectivity index (χ1v) is 4.44. The first kappa shape index (κ1) is 8.17. The molecule has 2 aromatic rings. The number of hydrogen-bond donors (Lipinski definition) is 2. The van der Waals surface area contributed by atoms with E-state index < -0.39 is 0 Å². The molecule has 0 atom stereocenters. The highest BCUT2D eigenvalue weighted by molar-refractivity contribution is 5.89. The van der Waals surface area contributed by atoms with Gasteiger partial charge in [0, 0.05) is 22.3 Å². The first-order valence-electron chi connectivity index (χ1n) is 4.44. The molecule has 0 amide bonds. The number of aromatic nitrogens is 1. The van der Waals surface area contributed by atoms with Crippen LogP contribution in [0.5, 0.6) is 0 Å². The molecule has 1 aromatic carbocycles. The molecule has 2 nitrogen and oxygen atoms in total. The third kappa shape index (κ3) is 1.10. The summed E-state index contributed by atoms with van der Waals surface area (Å²) >= 11 is 0. The molecule has 0 aliphatic rings. The molecule has 13 heavy (non-hydrogen) atoms. The quantitative estimate of drug-likeness (QED) is 0.592. The zero-order valence-electron chi connectivity index (χ0n) is 8.23. The normalized spacial score (nSPS) is 11.0. The molecule has 0 spiro atoms. The second kappa shape index (κ2) is 2.52. The number of nitrogens with one attached hydrogen (secondary N) is 1. The van der Waals surface area contributed by atoms with Crippen molar-refractivity contribution >= 4 is 16.6 Å². The zero-order chi connectivity index (χ0) is 9.59. The number of nitrogen functional groups attached to an aromatic ring is 1. The molecule has 0 unspecified atom stereocenters. The Morgan fingerprint density at radius 3 is 2.54 bits per heavy atom. The lowest BCUT2D eigenvalue weighted by atomic mass is 10.1. The van der Waals surface area contributed by atoms with Gasteiger partial charge in [0.25, 0.3) is 0 Å². The Kier molecular flexibility index (Phi) is 1.59. The van der Waals surface area contributed by atoms with E-state index in [1.54, 1.807) is 0 Å². The van der Waals surface area contributed by atoms with Gasteiger partial charge in [-0.1, -0.05) is 0 Å². The number of nitrogens with two attached hydrogens (primary N) is 1. The molecule has 0 bridgehead atoms. The Labute approximate surface area is 77.8 Å². The number of hydrogen-bond acceptors (Lipinski definition) is 1. The van der Waals surface area contributed by atoms with Gasteiger partial charge in [-0.15, -0.1) is 0 Å². The minimum absolute atomic E-state index is 0.825. The van der Waals surface area contributed by atoms with E-state index in [4.69, 9.17) is 5.73 Å². The van der Waals surface area contributed by atoms with Crippen molar-refractivity contribution in [3.05, 3.63) is 29.0 Å². The smallest absolute Gasteiger partial charge is 0.0482 e. The van der Waals surface area contributed by atoms with Crippen molar-refractivity contribution in [1.29, 1.82) is 0 Å². The SMILES string of the molecule is Cc1[nH]c2cc(N)cc(C)c2c1C. The highest BCUT2D eigenvalue weighted by Gasteiger charge is 2.06. The molecule has 0 fully saturated rings. The van der Waals surface area contributed by atoms with E-state index >= 15 is 0 Å². The van der Waals surface area contributed by atoms with Crippen LogP contribution in [0.3, 0.4) is 0 Å². The Bertz CT molecular complexity index is 466. The second-order valence-electron chi connectivity index (χ2n) is 3.64. The molecule has 3 N–H and O–H groups in total. The molecule has 1 heterocycles. The summed E-state index contributed by atoms with van der Waals surface area (Å²) in [5, 5.41) is 1.31. The standard InChI is InChI=1S/C11H14N2/c1-6-4-9(12)5-10-11(6)7(2)8(3)13-10/h4-5,13H,12H2,1-3H3. The van der Waals surface area contributed by atoms with Crippen LogP contribution in [0.1, 0.15) is 16.8 Å². The maximum absolute atomic E-state index is 5.76. The van der Waals surface area contributed by atoms with E-state index in [0.29, 0.717) is 0 Å². The van der Waals surface area contributed by atoms with Crippen molar-refractivity contribution in [2.75, 3.05) is 5.73 Å². The molecule has 0 radical (unpaired) electrons. The molecule has 0 aliphatic carbocycles. The van der Waals surface area contributed by atoms with Crippen molar-refractivity contribution in [3.8, 4) is 0 Å². The lowest BCUT2D eigenvalue weighted by molar-refractivity contribution is 1.25. The van der Waals surface area contributed by atoms with Gasteiger partial charge in [0.1, 0.15) is 0 Å². The summed E-state index contributed by atoms with van der Waals surface area (Å²) in [6.45, 7) is 6.32. The van der Waals surface area contributed by atoms with Gasteiger partial charge in [-0.25, -0.2) is 0 Å². The number of rotatable bonds is 0. The van der Waals surface area contributed by atoms with Gasteiger partial charge in [0.15, 0.2) is 0 Å². The fourth-order valence-electron chi connectivity index (χ4n) is 1.89. The topological polar surface area (TPSA) is 41.8 Å². The van der Waals surface area contributed by atoms with Crippen LogP contribution in [0.4, 0.5) is 5.69 Å². The van der Waals surface area contributed by atoms with Crippen molar-refractivity contribution in [2.24, 2.45) is 0 Å². The van der Waals surface area contributed by atoms with Crippen LogP contribution in [0.15, 0.2) is 12.1 Å². The lowest BCUT2D eigenvalue weighted by Crippen LogP contribution is -1.86. The van der Waals surface area contributed by atoms with Crippen LogP contribution < -0.4 is 5.73 Å². The van der Waals surface area contributed by atoms with Gasteiger partial charge in [-0.2, -0.15) is 0 Å². The third-order valence-electron chi connectivity index (χ3n) is 2.62. The Morgan fingerprint density at radius 2 is 1.85 bits per heavy atom. The minimum atomic E-state index is 0.825. The van der Waals surface area contributed by atoms with Gasteiger partial charge >= 0.3 is 0 Å². The molecule has 2 rings (SSSR count). The summed E-state index contributed by atoms with van der Waals surface area (Å²) in [4.78, 5) is 3.33. The number of aromatic amines is 1. The molecule has 68 valence electrons. The lowest BCUT2D eigenvalue weighted by Gasteiger charge is -1.99. The Hall–Kier alpha value is -1.44. The number of aryl methyl sites for hydroxylation is 3. The summed E-state index contributed by atoms with van der Waals surface area (Å²) in [5.74, 6) is 0. The van der Waals surface area contributed by atoms with Gasteiger partial charge < -0.3 is 10.7 Å². The highest BCUT2D eigenvalue weighted by Crippen LogP contribution is 2.26. The average Bonchev–Trinajstić information content (AvgIpc) is 2.27. The van der Waals surface area contributed by atoms with Crippen LogP contribution in [-0.4, -0.2) is 4.98 Å². The van der Waals surface area contributed by atoms with E-state index in [1.807, 2.05) is 12.1 Å². The Morgan fingerprint density at radius 1 is 1.15 bits per heavy atom. The molecule has 0 saturated carbocycles. The predicted octanol–water partition coefficient (Wildman–Crippen LogP) is 2.68. The largest absolute Gasteiger partial charge is 0.399 e. The molecular weight excluding hydrogens is 160 g/mol. The van der Waals surface area contributed by atoms with Crippen molar-refractivity contribution < 1.29 is 0 Å². The molecule has 1 aromatic heterocycles. The molecular formula is C11H14N2. The van der Waals surface area contributed by atoms with Gasteiger partial charge in [-0.3, -0.25) is 0 Å². The third-order valence-corrected chi connectivity index (χ3v) is 2.62. The van der Waals surface area contributed by atoms with Crippen molar-refractivity contribution in [2.45, 2.75) is 20.8 Å².